The maximum absolute atomic E-state index is 13.3. The number of amides is 2. The number of hydrogen-bond donors (Lipinski definition) is 0. The molecule has 4 heterocycles. The molecule has 3 aromatic heterocycles. The molecule has 1 saturated heterocycles. The van der Waals surface area contributed by atoms with Crippen molar-refractivity contribution in [3.8, 4) is 0 Å². The van der Waals surface area contributed by atoms with Crippen molar-refractivity contribution in [2.45, 2.75) is 46.2 Å². The van der Waals surface area contributed by atoms with Crippen LogP contribution in [0, 0.1) is 20.8 Å². The summed E-state index contributed by atoms with van der Waals surface area (Å²) < 4.78 is 7.28. The normalized spacial score (nSPS) is 16.8. The first-order valence-electron chi connectivity index (χ1n) is 10.7. The second kappa shape index (κ2) is 9.29. The molecule has 2 amide bonds. The zero-order valence-electron chi connectivity index (χ0n) is 18.6. The van der Waals surface area contributed by atoms with Crippen LogP contribution in [0.1, 0.15) is 52.3 Å². The highest BCUT2D eigenvalue weighted by molar-refractivity contribution is 5.94. The molecular weight excluding hydrogens is 410 g/mol. The third kappa shape index (κ3) is 4.68. The Morgan fingerprint density at radius 1 is 1.22 bits per heavy atom. The third-order valence-electron chi connectivity index (χ3n) is 5.59. The average molecular weight is 438 g/mol. The van der Waals surface area contributed by atoms with Gasteiger partial charge in [0.05, 0.1) is 17.8 Å². The van der Waals surface area contributed by atoms with Gasteiger partial charge < -0.3 is 14.3 Å². The monoisotopic (exact) mass is 437 g/mol. The van der Waals surface area contributed by atoms with Gasteiger partial charge in [-0.3, -0.25) is 19.3 Å². The number of carbonyl (C=O) groups excluding carboxylic acids is 2. The van der Waals surface area contributed by atoms with Crippen molar-refractivity contribution in [1.82, 2.24) is 34.7 Å². The van der Waals surface area contributed by atoms with Crippen LogP contribution in [0.3, 0.4) is 0 Å². The summed E-state index contributed by atoms with van der Waals surface area (Å²) in [6.07, 6.45) is 4.15. The number of rotatable bonds is 5. The molecule has 0 aromatic carbocycles. The smallest absolute Gasteiger partial charge is 0.256 e. The molecule has 0 saturated carbocycles. The fraction of sp³-hybridized carbons (Fsp3) is 0.455. The van der Waals surface area contributed by atoms with E-state index in [2.05, 4.69) is 20.2 Å². The van der Waals surface area contributed by atoms with Crippen LogP contribution in [-0.2, 0) is 11.3 Å². The highest BCUT2D eigenvalue weighted by Gasteiger charge is 2.35. The average Bonchev–Trinajstić information content (AvgIpc) is 3.27. The van der Waals surface area contributed by atoms with Crippen molar-refractivity contribution < 1.29 is 14.1 Å². The van der Waals surface area contributed by atoms with Gasteiger partial charge in [0.1, 0.15) is 6.04 Å². The molecular formula is C22H27N7O3. The lowest BCUT2D eigenvalue weighted by molar-refractivity contribution is -0.131. The lowest BCUT2D eigenvalue weighted by Crippen LogP contribution is -2.40. The molecule has 32 heavy (non-hydrogen) atoms. The second-order valence-electron chi connectivity index (χ2n) is 8.03. The SMILES string of the molecule is Cc1cc(C)n(CCC(=O)N2CCCN(C(=O)c3cccnc3)C(c3nc(C)no3)C2)n1. The molecule has 10 heteroatoms. The topological polar surface area (TPSA) is 110 Å². The highest BCUT2D eigenvalue weighted by Crippen LogP contribution is 2.26. The minimum atomic E-state index is -0.524. The van der Waals surface area contributed by atoms with E-state index in [1.165, 1.54) is 0 Å². The minimum Gasteiger partial charge on any atom is -0.340 e. The van der Waals surface area contributed by atoms with Crippen molar-refractivity contribution in [2.24, 2.45) is 0 Å². The second-order valence-corrected chi connectivity index (χ2v) is 8.03. The van der Waals surface area contributed by atoms with Crippen molar-refractivity contribution in [2.75, 3.05) is 19.6 Å². The molecule has 1 aliphatic rings. The number of hydrogen-bond acceptors (Lipinski definition) is 7. The van der Waals surface area contributed by atoms with Crippen LogP contribution < -0.4 is 0 Å². The van der Waals surface area contributed by atoms with Gasteiger partial charge in [-0.1, -0.05) is 5.16 Å². The van der Waals surface area contributed by atoms with Crippen molar-refractivity contribution in [3.63, 3.8) is 0 Å². The summed E-state index contributed by atoms with van der Waals surface area (Å²) in [5, 5.41) is 8.33. The van der Waals surface area contributed by atoms with Crippen LogP contribution in [-0.4, -0.2) is 66.2 Å². The molecule has 168 valence electrons. The summed E-state index contributed by atoms with van der Waals surface area (Å²) in [5.41, 5.74) is 2.44. The summed E-state index contributed by atoms with van der Waals surface area (Å²) in [5.74, 6) is 0.656. The molecule has 3 aromatic rings. The third-order valence-corrected chi connectivity index (χ3v) is 5.59. The van der Waals surface area contributed by atoms with E-state index in [0.29, 0.717) is 56.3 Å². The minimum absolute atomic E-state index is 0.00877. The molecule has 1 fully saturated rings. The Kier molecular flexibility index (Phi) is 6.29. The van der Waals surface area contributed by atoms with Gasteiger partial charge in [-0.05, 0) is 45.4 Å². The van der Waals surface area contributed by atoms with Gasteiger partial charge in [0.2, 0.25) is 5.91 Å². The predicted octanol–water partition coefficient (Wildman–Crippen LogP) is 2.09. The van der Waals surface area contributed by atoms with Gasteiger partial charge in [-0.15, -0.1) is 0 Å². The summed E-state index contributed by atoms with van der Waals surface area (Å²) in [6, 6.07) is 4.93. The zero-order chi connectivity index (χ0) is 22.7. The highest BCUT2D eigenvalue weighted by atomic mass is 16.5. The van der Waals surface area contributed by atoms with E-state index in [1.807, 2.05) is 24.6 Å². The van der Waals surface area contributed by atoms with Crippen molar-refractivity contribution in [1.29, 1.82) is 0 Å². The van der Waals surface area contributed by atoms with Crippen LogP contribution in [0.15, 0.2) is 35.1 Å². The van der Waals surface area contributed by atoms with Crippen LogP contribution in [0.5, 0.6) is 0 Å². The molecule has 0 aliphatic carbocycles. The Morgan fingerprint density at radius 2 is 2.06 bits per heavy atom. The molecule has 1 unspecified atom stereocenters. The molecule has 0 spiro atoms. The number of aryl methyl sites for hydroxylation is 4. The maximum atomic E-state index is 13.3. The lowest BCUT2D eigenvalue weighted by atomic mass is 10.1. The predicted molar refractivity (Wildman–Crippen MR) is 115 cm³/mol. The molecule has 4 rings (SSSR count). The fourth-order valence-electron chi connectivity index (χ4n) is 4.03. The van der Waals surface area contributed by atoms with Gasteiger partial charge in [0.25, 0.3) is 11.8 Å². The quantitative estimate of drug-likeness (QED) is 0.601. The van der Waals surface area contributed by atoms with Gasteiger partial charge in [0, 0.05) is 44.1 Å². The summed E-state index contributed by atoms with van der Waals surface area (Å²) >= 11 is 0. The van der Waals surface area contributed by atoms with Crippen LogP contribution in [0.2, 0.25) is 0 Å². The van der Waals surface area contributed by atoms with E-state index >= 15 is 0 Å². The summed E-state index contributed by atoms with van der Waals surface area (Å²) in [7, 11) is 0. The Labute approximate surface area is 186 Å². The van der Waals surface area contributed by atoms with E-state index in [-0.39, 0.29) is 11.8 Å². The molecule has 1 atom stereocenters. The van der Waals surface area contributed by atoms with E-state index in [4.69, 9.17) is 4.52 Å². The van der Waals surface area contributed by atoms with E-state index < -0.39 is 6.04 Å². The Bertz CT molecular complexity index is 1090. The largest absolute Gasteiger partial charge is 0.340 e. The summed E-state index contributed by atoms with van der Waals surface area (Å²) in [4.78, 5) is 38.2. The Morgan fingerprint density at radius 3 is 2.72 bits per heavy atom. The molecule has 0 radical (unpaired) electrons. The standard InChI is InChI=1S/C22H27N7O3/c1-15-12-16(2)29(25-15)11-7-20(30)27-9-5-10-28(22(31)18-6-4-8-23-13-18)19(14-27)21-24-17(3)26-32-21/h4,6,8,12-13,19H,5,7,9-11,14H2,1-3H3. The van der Waals surface area contributed by atoms with Crippen molar-refractivity contribution in [3.05, 3.63) is 59.3 Å². The molecule has 0 bridgehead atoms. The maximum Gasteiger partial charge on any atom is 0.256 e. The van der Waals surface area contributed by atoms with Crippen LogP contribution in [0.4, 0.5) is 0 Å². The zero-order valence-corrected chi connectivity index (χ0v) is 18.6. The van der Waals surface area contributed by atoms with E-state index in [1.54, 1.807) is 41.2 Å². The Balaban J connectivity index is 1.53. The molecule has 10 nitrogen and oxygen atoms in total. The number of pyridine rings is 1. The van der Waals surface area contributed by atoms with Gasteiger partial charge >= 0.3 is 0 Å². The van der Waals surface area contributed by atoms with E-state index in [0.717, 1.165) is 11.4 Å². The fourth-order valence-corrected chi connectivity index (χ4v) is 4.03. The first kappa shape index (κ1) is 21.7. The van der Waals surface area contributed by atoms with Crippen molar-refractivity contribution >= 4 is 11.8 Å². The van der Waals surface area contributed by atoms with Crippen LogP contribution >= 0.6 is 0 Å². The van der Waals surface area contributed by atoms with Gasteiger partial charge in [0.15, 0.2) is 5.82 Å². The van der Waals surface area contributed by atoms with E-state index in [9.17, 15) is 9.59 Å². The van der Waals surface area contributed by atoms with Gasteiger partial charge in [-0.25, -0.2) is 0 Å². The first-order valence-corrected chi connectivity index (χ1v) is 10.7. The lowest BCUT2D eigenvalue weighted by Gasteiger charge is -2.29. The molecule has 1 aliphatic heterocycles. The van der Waals surface area contributed by atoms with Gasteiger partial charge in [-0.2, -0.15) is 10.1 Å². The Hall–Kier alpha value is -3.56. The number of carbonyl (C=O) groups is 2. The number of nitrogens with zero attached hydrogens (tertiary/aromatic N) is 7. The summed E-state index contributed by atoms with van der Waals surface area (Å²) in [6.45, 7) is 7.48. The molecule has 0 N–H and O–H groups in total. The number of aromatic nitrogens is 5. The van der Waals surface area contributed by atoms with Crippen LogP contribution in [0.25, 0.3) is 0 Å². The first-order chi connectivity index (χ1) is 15.4.